The second kappa shape index (κ2) is 9.46. The number of halogens is 1. The standard InChI is InChI=1S/C22H24ClN3O2S/c1-22(2,3)17-9-7-16(8-10-17)20-25-26-21(28-20)29-14-19(27)24-12-11-15-5-4-6-18(23)13-15/h4-10,13H,11-12,14H2,1-3H3,(H,24,27). The van der Waals surface area contributed by atoms with Crippen molar-refractivity contribution in [2.24, 2.45) is 0 Å². The van der Waals surface area contributed by atoms with Gasteiger partial charge < -0.3 is 9.73 Å². The number of thioether (sulfide) groups is 1. The number of rotatable bonds is 7. The Bertz CT molecular complexity index is 965. The van der Waals surface area contributed by atoms with Crippen molar-refractivity contribution in [2.45, 2.75) is 37.8 Å². The van der Waals surface area contributed by atoms with Crippen LogP contribution < -0.4 is 5.32 Å². The van der Waals surface area contributed by atoms with Crippen molar-refractivity contribution in [3.63, 3.8) is 0 Å². The summed E-state index contributed by atoms with van der Waals surface area (Å²) in [5.41, 5.74) is 3.28. The molecule has 0 aliphatic rings. The summed E-state index contributed by atoms with van der Waals surface area (Å²) in [7, 11) is 0. The maximum absolute atomic E-state index is 12.0. The average molecular weight is 430 g/mol. The Kier molecular flexibility index (Phi) is 6.98. The van der Waals surface area contributed by atoms with Crippen LogP contribution in [0.4, 0.5) is 0 Å². The molecule has 5 nitrogen and oxygen atoms in total. The lowest BCUT2D eigenvalue weighted by Crippen LogP contribution is -2.27. The summed E-state index contributed by atoms with van der Waals surface area (Å²) >= 11 is 7.19. The summed E-state index contributed by atoms with van der Waals surface area (Å²) in [6.45, 7) is 7.06. The molecule has 0 radical (unpaired) electrons. The zero-order chi connectivity index (χ0) is 20.9. The second-order valence-electron chi connectivity index (χ2n) is 7.72. The quantitative estimate of drug-likeness (QED) is 0.527. The first-order valence-electron chi connectivity index (χ1n) is 9.39. The van der Waals surface area contributed by atoms with Gasteiger partial charge in [0.15, 0.2) is 0 Å². The van der Waals surface area contributed by atoms with Gasteiger partial charge in [-0.2, -0.15) is 0 Å². The van der Waals surface area contributed by atoms with Crippen molar-refractivity contribution >= 4 is 29.3 Å². The van der Waals surface area contributed by atoms with E-state index in [-0.39, 0.29) is 17.1 Å². The molecule has 3 aromatic rings. The summed E-state index contributed by atoms with van der Waals surface area (Å²) in [6.07, 6.45) is 0.728. The molecule has 3 rings (SSSR count). The van der Waals surface area contributed by atoms with Crippen molar-refractivity contribution < 1.29 is 9.21 Å². The van der Waals surface area contributed by atoms with E-state index < -0.39 is 0 Å². The summed E-state index contributed by atoms with van der Waals surface area (Å²) in [4.78, 5) is 12.0. The monoisotopic (exact) mass is 429 g/mol. The number of hydrogen-bond donors (Lipinski definition) is 1. The first kappa shape index (κ1) is 21.4. The van der Waals surface area contributed by atoms with Crippen LogP contribution in [-0.4, -0.2) is 28.4 Å². The second-order valence-corrected chi connectivity index (χ2v) is 9.08. The Morgan fingerprint density at radius 3 is 2.59 bits per heavy atom. The lowest BCUT2D eigenvalue weighted by atomic mass is 9.87. The van der Waals surface area contributed by atoms with E-state index in [4.69, 9.17) is 16.0 Å². The molecule has 0 aliphatic heterocycles. The van der Waals surface area contributed by atoms with Crippen LogP contribution in [0.5, 0.6) is 0 Å². The fraction of sp³-hybridized carbons (Fsp3) is 0.318. The molecule has 0 saturated carbocycles. The molecule has 0 saturated heterocycles. The highest BCUT2D eigenvalue weighted by atomic mass is 35.5. The molecule has 152 valence electrons. The number of amides is 1. The predicted molar refractivity (Wildman–Crippen MR) is 117 cm³/mol. The smallest absolute Gasteiger partial charge is 0.277 e. The predicted octanol–water partition coefficient (Wildman–Crippen LogP) is 5.14. The normalized spacial score (nSPS) is 11.4. The number of hydrogen-bond acceptors (Lipinski definition) is 5. The zero-order valence-electron chi connectivity index (χ0n) is 16.7. The van der Waals surface area contributed by atoms with Crippen LogP contribution in [0.15, 0.2) is 58.2 Å². The first-order chi connectivity index (χ1) is 13.8. The number of carbonyl (C=O) groups excluding carboxylic acids is 1. The van der Waals surface area contributed by atoms with Gasteiger partial charge in [0, 0.05) is 17.1 Å². The minimum absolute atomic E-state index is 0.0775. The molecule has 1 heterocycles. The van der Waals surface area contributed by atoms with Crippen molar-refractivity contribution in [1.29, 1.82) is 0 Å². The van der Waals surface area contributed by atoms with Gasteiger partial charge in [0.25, 0.3) is 5.22 Å². The van der Waals surface area contributed by atoms with E-state index in [9.17, 15) is 4.79 Å². The van der Waals surface area contributed by atoms with Gasteiger partial charge in [0.1, 0.15) is 0 Å². The highest BCUT2D eigenvalue weighted by Gasteiger charge is 2.15. The molecule has 0 fully saturated rings. The summed E-state index contributed by atoms with van der Waals surface area (Å²) in [5, 5.41) is 12.1. The molecule has 0 aliphatic carbocycles. The molecular formula is C22H24ClN3O2S. The third-order valence-electron chi connectivity index (χ3n) is 4.36. The van der Waals surface area contributed by atoms with Crippen LogP contribution in [0.25, 0.3) is 11.5 Å². The number of nitrogens with one attached hydrogen (secondary N) is 1. The van der Waals surface area contributed by atoms with Crippen LogP contribution >= 0.6 is 23.4 Å². The van der Waals surface area contributed by atoms with Crippen molar-refractivity contribution in [3.8, 4) is 11.5 Å². The highest BCUT2D eigenvalue weighted by molar-refractivity contribution is 7.99. The van der Waals surface area contributed by atoms with Crippen molar-refractivity contribution in [2.75, 3.05) is 12.3 Å². The van der Waals surface area contributed by atoms with Gasteiger partial charge in [0.2, 0.25) is 11.8 Å². The molecular weight excluding hydrogens is 406 g/mol. The lowest BCUT2D eigenvalue weighted by molar-refractivity contribution is -0.118. The number of nitrogens with zero attached hydrogens (tertiary/aromatic N) is 2. The number of aromatic nitrogens is 2. The van der Waals surface area contributed by atoms with Crippen molar-refractivity contribution in [1.82, 2.24) is 15.5 Å². The maximum Gasteiger partial charge on any atom is 0.277 e. The van der Waals surface area contributed by atoms with Gasteiger partial charge >= 0.3 is 0 Å². The Hall–Kier alpha value is -2.31. The fourth-order valence-electron chi connectivity index (χ4n) is 2.71. The van der Waals surface area contributed by atoms with Gasteiger partial charge in [-0.3, -0.25) is 4.79 Å². The van der Waals surface area contributed by atoms with E-state index >= 15 is 0 Å². The first-order valence-corrected chi connectivity index (χ1v) is 10.8. The third kappa shape index (κ3) is 6.34. The minimum Gasteiger partial charge on any atom is -0.411 e. The number of benzene rings is 2. The molecule has 7 heteroatoms. The molecule has 0 bridgehead atoms. The Morgan fingerprint density at radius 1 is 1.14 bits per heavy atom. The molecule has 2 aromatic carbocycles. The van der Waals surface area contributed by atoms with E-state index in [1.54, 1.807) is 0 Å². The summed E-state index contributed by atoms with van der Waals surface area (Å²) < 4.78 is 5.68. The van der Waals surface area contributed by atoms with Gasteiger partial charge in [-0.1, -0.05) is 68.4 Å². The summed E-state index contributed by atoms with van der Waals surface area (Å²) in [5.74, 6) is 0.598. The lowest BCUT2D eigenvalue weighted by Gasteiger charge is -2.18. The number of carbonyl (C=O) groups is 1. The van der Waals surface area contributed by atoms with E-state index in [2.05, 4.69) is 48.4 Å². The molecule has 0 spiro atoms. The molecule has 0 unspecified atom stereocenters. The van der Waals surface area contributed by atoms with Crippen LogP contribution in [0.3, 0.4) is 0 Å². The van der Waals surface area contributed by atoms with Crippen LogP contribution in [0.2, 0.25) is 5.02 Å². The Balaban J connectivity index is 1.47. The molecule has 29 heavy (non-hydrogen) atoms. The highest BCUT2D eigenvalue weighted by Crippen LogP contribution is 2.27. The molecule has 1 amide bonds. The summed E-state index contributed by atoms with van der Waals surface area (Å²) in [6, 6.07) is 15.7. The zero-order valence-corrected chi connectivity index (χ0v) is 18.3. The van der Waals surface area contributed by atoms with Gasteiger partial charge in [-0.25, -0.2) is 0 Å². The van der Waals surface area contributed by atoms with Crippen LogP contribution in [0.1, 0.15) is 31.9 Å². The SMILES string of the molecule is CC(C)(C)c1ccc(-c2nnc(SCC(=O)NCCc3cccc(Cl)c3)o2)cc1. The minimum atomic E-state index is -0.0775. The molecule has 1 N–H and O–H groups in total. The van der Waals surface area contributed by atoms with Crippen LogP contribution in [-0.2, 0) is 16.6 Å². The average Bonchev–Trinajstić information content (AvgIpc) is 3.15. The Labute approximate surface area is 180 Å². The van der Waals surface area contributed by atoms with Gasteiger partial charge in [0.05, 0.1) is 5.75 Å². The van der Waals surface area contributed by atoms with E-state index in [1.165, 1.54) is 17.3 Å². The topological polar surface area (TPSA) is 68.0 Å². The maximum atomic E-state index is 12.0. The van der Waals surface area contributed by atoms with E-state index in [0.29, 0.717) is 22.7 Å². The van der Waals surface area contributed by atoms with E-state index in [0.717, 1.165) is 17.5 Å². The van der Waals surface area contributed by atoms with Crippen LogP contribution in [0, 0.1) is 0 Å². The van der Waals surface area contributed by atoms with Crippen molar-refractivity contribution in [3.05, 3.63) is 64.7 Å². The largest absolute Gasteiger partial charge is 0.411 e. The molecule has 0 atom stereocenters. The molecule has 1 aromatic heterocycles. The third-order valence-corrected chi connectivity index (χ3v) is 5.41. The van der Waals surface area contributed by atoms with E-state index in [1.807, 2.05) is 36.4 Å². The van der Waals surface area contributed by atoms with Gasteiger partial charge in [-0.05, 0) is 47.2 Å². The fourth-order valence-corrected chi connectivity index (χ4v) is 3.52. The van der Waals surface area contributed by atoms with Gasteiger partial charge in [-0.15, -0.1) is 10.2 Å². The Morgan fingerprint density at radius 2 is 1.90 bits per heavy atom.